The van der Waals surface area contributed by atoms with Gasteiger partial charge in [-0.15, -0.1) is 0 Å². The lowest BCUT2D eigenvalue weighted by Gasteiger charge is -2.12. The van der Waals surface area contributed by atoms with Gasteiger partial charge in [-0.2, -0.15) is 0 Å². The minimum Gasteiger partial charge on any atom is -0.496 e. The minimum absolute atomic E-state index is 0.0347. The van der Waals surface area contributed by atoms with Crippen molar-refractivity contribution in [3.63, 3.8) is 0 Å². The van der Waals surface area contributed by atoms with Crippen molar-refractivity contribution < 1.29 is 9.53 Å². The molecule has 1 amide bonds. The van der Waals surface area contributed by atoms with E-state index in [1.807, 2.05) is 50.2 Å². The fourth-order valence-corrected chi connectivity index (χ4v) is 3.40. The van der Waals surface area contributed by atoms with Crippen LogP contribution in [0.2, 0.25) is 0 Å². The van der Waals surface area contributed by atoms with Crippen molar-refractivity contribution in [2.24, 2.45) is 0 Å². The number of carbonyl (C=O) groups excluding carboxylic acids is 1. The molecule has 0 radical (unpaired) electrons. The van der Waals surface area contributed by atoms with Gasteiger partial charge in [-0.25, -0.2) is 4.98 Å². The molecule has 3 rings (SSSR count). The number of methoxy groups -OCH3 is 1. The van der Waals surface area contributed by atoms with Gasteiger partial charge in [-0.05, 0) is 37.6 Å². The Bertz CT molecular complexity index is 891. The van der Waals surface area contributed by atoms with Gasteiger partial charge < -0.3 is 15.0 Å². The zero-order valence-electron chi connectivity index (χ0n) is 14.5. The first-order valence-electron chi connectivity index (χ1n) is 8.09. The third-order valence-electron chi connectivity index (χ3n) is 3.92. The van der Waals surface area contributed by atoms with Crippen LogP contribution in [-0.4, -0.2) is 28.2 Å². The number of ether oxygens (including phenoxy) is 1. The molecule has 0 aliphatic rings. The van der Waals surface area contributed by atoms with Crippen LogP contribution in [0.25, 0.3) is 11.0 Å². The molecular weight excluding hydrogens is 334 g/mol. The number of fused-ring (bicyclic) bond motifs is 1. The number of H-pyrrole nitrogens is 1. The number of imidazole rings is 1. The summed E-state index contributed by atoms with van der Waals surface area (Å²) in [4.78, 5) is 20.2. The van der Waals surface area contributed by atoms with E-state index < -0.39 is 0 Å². The van der Waals surface area contributed by atoms with E-state index in [2.05, 4.69) is 21.4 Å². The monoisotopic (exact) mass is 355 g/mol. The number of hydrogen-bond acceptors (Lipinski definition) is 4. The Hall–Kier alpha value is -2.47. The third-order valence-corrected chi connectivity index (χ3v) is 4.90. The SMILES string of the molecule is COc1ccccc1CNC(=O)C(C)Sc1nc2ccc(C)cc2[nH]1. The summed E-state index contributed by atoms with van der Waals surface area (Å²) >= 11 is 1.42. The predicted octanol–water partition coefficient (Wildman–Crippen LogP) is 3.68. The molecule has 130 valence electrons. The number of carbonyl (C=O) groups is 1. The molecule has 1 atom stereocenters. The fraction of sp³-hybridized carbons (Fsp3) is 0.263. The third kappa shape index (κ3) is 4.14. The number of benzene rings is 2. The van der Waals surface area contributed by atoms with Crippen molar-refractivity contribution in [3.05, 3.63) is 53.6 Å². The van der Waals surface area contributed by atoms with Gasteiger partial charge in [0, 0.05) is 12.1 Å². The molecule has 0 aliphatic heterocycles. The number of thioether (sulfide) groups is 1. The zero-order chi connectivity index (χ0) is 17.8. The zero-order valence-corrected chi connectivity index (χ0v) is 15.3. The van der Waals surface area contributed by atoms with Crippen molar-refractivity contribution in [1.82, 2.24) is 15.3 Å². The average molecular weight is 355 g/mol. The van der Waals surface area contributed by atoms with Crippen LogP contribution < -0.4 is 10.1 Å². The molecular formula is C19H21N3O2S. The van der Waals surface area contributed by atoms with Crippen molar-refractivity contribution in [2.75, 3.05) is 7.11 Å². The first kappa shape index (κ1) is 17.4. The number of aromatic amines is 1. The van der Waals surface area contributed by atoms with Gasteiger partial charge in [0.05, 0.1) is 23.4 Å². The first-order valence-corrected chi connectivity index (χ1v) is 8.97. The molecule has 25 heavy (non-hydrogen) atoms. The second-order valence-electron chi connectivity index (χ2n) is 5.85. The molecule has 2 N–H and O–H groups in total. The molecule has 2 aromatic carbocycles. The maximum atomic E-state index is 12.4. The van der Waals surface area contributed by atoms with Crippen LogP contribution in [-0.2, 0) is 11.3 Å². The van der Waals surface area contributed by atoms with Gasteiger partial charge >= 0.3 is 0 Å². The summed E-state index contributed by atoms with van der Waals surface area (Å²) in [6, 6.07) is 13.7. The Morgan fingerprint density at radius 1 is 1.32 bits per heavy atom. The van der Waals surface area contributed by atoms with Crippen molar-refractivity contribution in [3.8, 4) is 5.75 Å². The van der Waals surface area contributed by atoms with E-state index in [1.165, 1.54) is 17.3 Å². The summed E-state index contributed by atoms with van der Waals surface area (Å²) in [5.41, 5.74) is 4.03. The van der Waals surface area contributed by atoms with E-state index in [0.717, 1.165) is 27.5 Å². The summed E-state index contributed by atoms with van der Waals surface area (Å²) in [5, 5.41) is 3.45. The highest BCUT2D eigenvalue weighted by Gasteiger charge is 2.17. The van der Waals surface area contributed by atoms with Crippen LogP contribution in [0.5, 0.6) is 5.75 Å². The van der Waals surface area contributed by atoms with Crippen molar-refractivity contribution >= 4 is 28.7 Å². The van der Waals surface area contributed by atoms with Crippen LogP contribution in [0.3, 0.4) is 0 Å². The summed E-state index contributed by atoms with van der Waals surface area (Å²) < 4.78 is 5.31. The lowest BCUT2D eigenvalue weighted by atomic mass is 10.2. The average Bonchev–Trinajstić information content (AvgIpc) is 3.01. The van der Waals surface area contributed by atoms with E-state index in [0.29, 0.717) is 6.54 Å². The van der Waals surface area contributed by atoms with Gasteiger partial charge in [-0.3, -0.25) is 4.79 Å². The summed E-state index contributed by atoms with van der Waals surface area (Å²) in [7, 11) is 1.63. The Labute approximate surface area is 151 Å². The van der Waals surface area contributed by atoms with Crippen LogP contribution in [0.1, 0.15) is 18.1 Å². The molecule has 0 saturated heterocycles. The standard InChI is InChI=1S/C19H21N3O2S/c1-12-8-9-15-16(10-12)22-19(21-15)25-13(2)18(23)20-11-14-6-4-5-7-17(14)24-3/h4-10,13H,11H2,1-3H3,(H,20,23)(H,21,22). The molecule has 5 nitrogen and oxygen atoms in total. The Morgan fingerprint density at radius 3 is 2.92 bits per heavy atom. The molecule has 0 fully saturated rings. The topological polar surface area (TPSA) is 67.0 Å². The Morgan fingerprint density at radius 2 is 2.12 bits per heavy atom. The van der Waals surface area contributed by atoms with E-state index in [9.17, 15) is 4.79 Å². The maximum absolute atomic E-state index is 12.4. The van der Waals surface area contributed by atoms with Crippen LogP contribution >= 0.6 is 11.8 Å². The number of rotatable bonds is 6. The number of amides is 1. The predicted molar refractivity (Wildman–Crippen MR) is 101 cm³/mol. The highest BCUT2D eigenvalue weighted by Crippen LogP contribution is 2.24. The minimum atomic E-state index is -0.253. The molecule has 6 heteroatoms. The van der Waals surface area contributed by atoms with E-state index >= 15 is 0 Å². The second-order valence-corrected chi connectivity index (χ2v) is 7.18. The number of hydrogen-bond donors (Lipinski definition) is 2. The van der Waals surface area contributed by atoms with Gasteiger partial charge in [0.25, 0.3) is 0 Å². The van der Waals surface area contributed by atoms with E-state index in [-0.39, 0.29) is 11.2 Å². The number of nitrogens with zero attached hydrogens (tertiary/aromatic N) is 1. The van der Waals surface area contributed by atoms with Crippen molar-refractivity contribution in [2.45, 2.75) is 30.8 Å². The number of aromatic nitrogens is 2. The number of para-hydroxylation sites is 1. The largest absolute Gasteiger partial charge is 0.496 e. The lowest BCUT2D eigenvalue weighted by molar-refractivity contribution is -0.120. The first-order chi connectivity index (χ1) is 12.1. The summed E-state index contributed by atoms with van der Waals surface area (Å²) in [6.45, 7) is 4.36. The van der Waals surface area contributed by atoms with E-state index in [4.69, 9.17) is 4.74 Å². The summed E-state index contributed by atoms with van der Waals surface area (Å²) in [6.07, 6.45) is 0. The molecule has 3 aromatic rings. The van der Waals surface area contributed by atoms with Crippen molar-refractivity contribution in [1.29, 1.82) is 0 Å². The molecule has 0 spiro atoms. The van der Waals surface area contributed by atoms with Gasteiger partial charge in [0.15, 0.2) is 5.16 Å². The highest BCUT2D eigenvalue weighted by molar-refractivity contribution is 8.00. The molecule has 1 unspecified atom stereocenters. The Kier molecular flexibility index (Phi) is 5.28. The molecule has 0 aliphatic carbocycles. The fourth-order valence-electron chi connectivity index (χ4n) is 2.55. The Balaban J connectivity index is 1.61. The smallest absolute Gasteiger partial charge is 0.233 e. The van der Waals surface area contributed by atoms with Gasteiger partial charge in [0.1, 0.15) is 5.75 Å². The van der Waals surface area contributed by atoms with Gasteiger partial charge in [-0.1, -0.05) is 36.0 Å². The molecule has 0 saturated carbocycles. The number of nitrogens with one attached hydrogen (secondary N) is 2. The van der Waals surface area contributed by atoms with Gasteiger partial charge in [0.2, 0.25) is 5.91 Å². The van der Waals surface area contributed by atoms with E-state index in [1.54, 1.807) is 7.11 Å². The lowest BCUT2D eigenvalue weighted by Crippen LogP contribution is -2.30. The van der Waals surface area contributed by atoms with Crippen LogP contribution in [0, 0.1) is 6.92 Å². The quantitative estimate of drug-likeness (QED) is 0.662. The number of aryl methyl sites for hydroxylation is 1. The van der Waals surface area contributed by atoms with Crippen LogP contribution in [0.4, 0.5) is 0 Å². The molecule has 1 aromatic heterocycles. The second kappa shape index (κ2) is 7.61. The normalized spacial score (nSPS) is 12.1. The highest BCUT2D eigenvalue weighted by atomic mass is 32.2. The van der Waals surface area contributed by atoms with Crippen LogP contribution in [0.15, 0.2) is 47.6 Å². The summed E-state index contributed by atoms with van der Waals surface area (Å²) in [5.74, 6) is 0.739. The molecule has 1 heterocycles. The maximum Gasteiger partial charge on any atom is 0.233 e. The molecule has 0 bridgehead atoms.